The Labute approximate surface area is 423 Å². The number of hydrogen-bond acceptors (Lipinski definition) is 6. The van der Waals surface area contributed by atoms with Gasteiger partial charge in [-0.2, -0.15) is 0 Å². The normalized spacial score (nSPS) is 13.3. The van der Waals surface area contributed by atoms with E-state index in [2.05, 4.69) is 167 Å². The van der Waals surface area contributed by atoms with Gasteiger partial charge in [-0.3, -0.25) is 14.4 Å². The highest BCUT2D eigenvalue weighted by atomic mass is 16.6. The van der Waals surface area contributed by atoms with Crippen molar-refractivity contribution in [1.29, 1.82) is 0 Å². The summed E-state index contributed by atoms with van der Waals surface area (Å²) in [5.41, 5.74) is 0. The molecule has 0 bridgehead atoms. The fourth-order valence-electron chi connectivity index (χ4n) is 6.83. The molecule has 0 aliphatic heterocycles. The summed E-state index contributed by atoms with van der Waals surface area (Å²) in [5.74, 6) is -1.00. The van der Waals surface area contributed by atoms with Crippen LogP contribution in [-0.2, 0) is 28.6 Å². The van der Waals surface area contributed by atoms with Crippen molar-refractivity contribution in [2.24, 2.45) is 0 Å². The predicted molar refractivity (Wildman–Crippen MR) is 297 cm³/mol. The minimum atomic E-state index is -0.821. The molecule has 0 rings (SSSR count). The largest absolute Gasteiger partial charge is 0.462 e. The molecule has 0 aliphatic carbocycles. The average Bonchev–Trinajstić information content (AvgIpc) is 3.35. The number of rotatable bonds is 47. The highest BCUT2D eigenvalue weighted by Crippen LogP contribution is 2.12. The molecule has 0 heterocycles. The van der Waals surface area contributed by atoms with Crippen molar-refractivity contribution in [3.05, 3.63) is 146 Å². The smallest absolute Gasteiger partial charge is 0.306 e. The molecule has 0 saturated heterocycles. The highest BCUT2D eigenvalue weighted by molar-refractivity contribution is 5.71. The van der Waals surface area contributed by atoms with E-state index in [-0.39, 0.29) is 37.5 Å². The van der Waals surface area contributed by atoms with Crippen molar-refractivity contribution in [3.63, 3.8) is 0 Å². The van der Waals surface area contributed by atoms with Crippen molar-refractivity contribution in [1.82, 2.24) is 0 Å². The molecule has 0 aromatic rings. The summed E-state index contributed by atoms with van der Waals surface area (Å²) >= 11 is 0. The maximum absolute atomic E-state index is 12.8. The fraction of sp³-hybridized carbons (Fsp3) is 0.571. The Balaban J connectivity index is 4.55. The van der Waals surface area contributed by atoms with Crippen LogP contribution in [0.4, 0.5) is 0 Å². The number of unbranched alkanes of at least 4 members (excludes halogenated alkanes) is 12. The molecule has 6 nitrogen and oxygen atoms in total. The van der Waals surface area contributed by atoms with E-state index >= 15 is 0 Å². The van der Waals surface area contributed by atoms with E-state index in [1.807, 2.05) is 0 Å². The van der Waals surface area contributed by atoms with Crippen molar-refractivity contribution in [2.45, 2.75) is 219 Å². The van der Waals surface area contributed by atoms with Gasteiger partial charge in [-0.05, 0) is 135 Å². The van der Waals surface area contributed by atoms with Gasteiger partial charge in [-0.15, -0.1) is 0 Å². The third-order valence-electron chi connectivity index (χ3n) is 10.8. The maximum Gasteiger partial charge on any atom is 0.306 e. The zero-order valence-corrected chi connectivity index (χ0v) is 44.0. The monoisotopic (exact) mass is 951 g/mol. The molecule has 0 fully saturated rings. The predicted octanol–water partition coefficient (Wildman–Crippen LogP) is 18.4. The third-order valence-corrected chi connectivity index (χ3v) is 10.8. The zero-order valence-electron chi connectivity index (χ0n) is 44.0. The van der Waals surface area contributed by atoms with Crippen LogP contribution in [0.5, 0.6) is 0 Å². The lowest BCUT2D eigenvalue weighted by Crippen LogP contribution is -2.30. The van der Waals surface area contributed by atoms with Gasteiger partial charge in [-0.25, -0.2) is 0 Å². The van der Waals surface area contributed by atoms with E-state index in [4.69, 9.17) is 14.2 Å². The summed E-state index contributed by atoms with van der Waals surface area (Å²) in [6, 6.07) is 0. The fourth-order valence-corrected chi connectivity index (χ4v) is 6.83. The van der Waals surface area contributed by atoms with Crippen LogP contribution in [0.25, 0.3) is 0 Å². The molecule has 0 radical (unpaired) electrons. The van der Waals surface area contributed by atoms with Crippen LogP contribution >= 0.6 is 0 Å². The number of carbonyl (C=O) groups is 3. The summed E-state index contributed by atoms with van der Waals surface area (Å²) in [5, 5.41) is 0. The van der Waals surface area contributed by atoms with Crippen LogP contribution in [0, 0.1) is 0 Å². The van der Waals surface area contributed by atoms with Crippen LogP contribution in [-0.4, -0.2) is 37.2 Å². The van der Waals surface area contributed by atoms with Crippen LogP contribution in [0.3, 0.4) is 0 Å². The summed E-state index contributed by atoms with van der Waals surface area (Å²) in [4.78, 5) is 38.1. The van der Waals surface area contributed by atoms with Crippen LogP contribution in [0.2, 0.25) is 0 Å². The quantitative estimate of drug-likeness (QED) is 0.0262. The topological polar surface area (TPSA) is 78.9 Å². The third kappa shape index (κ3) is 54.1. The van der Waals surface area contributed by atoms with Gasteiger partial charge < -0.3 is 14.2 Å². The number of carbonyl (C=O) groups excluding carboxylic acids is 3. The van der Waals surface area contributed by atoms with E-state index in [1.165, 1.54) is 12.8 Å². The molecular formula is C63H98O6. The summed E-state index contributed by atoms with van der Waals surface area (Å²) in [7, 11) is 0. The summed E-state index contributed by atoms with van der Waals surface area (Å²) < 4.78 is 16.8. The molecule has 0 aromatic heterocycles. The van der Waals surface area contributed by atoms with Crippen molar-refractivity contribution >= 4 is 17.9 Å². The van der Waals surface area contributed by atoms with Gasteiger partial charge in [-0.1, -0.05) is 205 Å². The Morgan fingerprint density at radius 2 is 0.522 bits per heavy atom. The van der Waals surface area contributed by atoms with Crippen LogP contribution < -0.4 is 0 Å². The van der Waals surface area contributed by atoms with Gasteiger partial charge in [0.2, 0.25) is 0 Å². The standard InChI is InChI=1S/C63H98O6/c1-4-7-10-13-16-19-22-25-28-31-32-33-36-38-41-44-47-50-53-56-62(65)68-59-60(69-63(66)57-54-51-48-45-42-39-35-30-27-24-21-18-15-12-9-6-3)58-67-61(64)55-52-49-46-43-40-37-34-29-26-23-20-17-14-11-8-5-2/h7-12,16-21,25-30,32-33,37,39-40,42,60H,4-6,13-15,22-24,31,34-36,38,41,43-59H2,1-3H3/b10-7-,11-8-,12-9-,19-16-,20-17-,21-18-,28-25-,29-26-,30-27-,33-32-,40-37-,42-39-. The molecule has 6 heteroatoms. The molecule has 0 spiro atoms. The maximum atomic E-state index is 12.8. The van der Waals surface area contributed by atoms with E-state index < -0.39 is 6.10 Å². The van der Waals surface area contributed by atoms with Gasteiger partial charge in [0.15, 0.2) is 6.10 Å². The lowest BCUT2D eigenvalue weighted by Gasteiger charge is -2.18. The molecule has 0 saturated carbocycles. The first-order chi connectivity index (χ1) is 34.0. The molecule has 69 heavy (non-hydrogen) atoms. The second kappa shape index (κ2) is 55.9. The summed E-state index contributed by atoms with van der Waals surface area (Å²) in [6.45, 7) is 6.21. The Bertz CT molecular complexity index is 1560. The second-order valence-corrected chi connectivity index (χ2v) is 17.3. The lowest BCUT2D eigenvalue weighted by atomic mass is 10.1. The van der Waals surface area contributed by atoms with Crippen LogP contribution in [0.15, 0.2) is 146 Å². The minimum absolute atomic E-state index is 0.115. The second-order valence-electron chi connectivity index (χ2n) is 17.3. The van der Waals surface area contributed by atoms with E-state index in [0.717, 1.165) is 154 Å². The van der Waals surface area contributed by atoms with Crippen molar-refractivity contribution < 1.29 is 28.6 Å². The van der Waals surface area contributed by atoms with Gasteiger partial charge in [0.1, 0.15) is 13.2 Å². The molecule has 1 atom stereocenters. The van der Waals surface area contributed by atoms with E-state index in [0.29, 0.717) is 19.3 Å². The lowest BCUT2D eigenvalue weighted by molar-refractivity contribution is -0.167. The van der Waals surface area contributed by atoms with Crippen LogP contribution in [0.1, 0.15) is 213 Å². The van der Waals surface area contributed by atoms with Gasteiger partial charge >= 0.3 is 17.9 Å². The molecular weight excluding hydrogens is 853 g/mol. The molecule has 0 N–H and O–H groups in total. The summed E-state index contributed by atoms with van der Waals surface area (Å²) in [6.07, 6.45) is 79.7. The van der Waals surface area contributed by atoms with Crippen molar-refractivity contribution in [2.75, 3.05) is 13.2 Å². The number of allylic oxidation sites excluding steroid dienone is 24. The Kier molecular flexibility index (Phi) is 52.1. The first kappa shape index (κ1) is 64.3. The number of hydrogen-bond donors (Lipinski definition) is 0. The zero-order chi connectivity index (χ0) is 50.0. The Morgan fingerprint density at radius 1 is 0.290 bits per heavy atom. The van der Waals surface area contributed by atoms with Gasteiger partial charge in [0, 0.05) is 19.3 Å². The Hall–Kier alpha value is -4.71. The van der Waals surface area contributed by atoms with E-state index in [9.17, 15) is 14.4 Å². The SMILES string of the molecule is CC/C=C\C/C=C\C/C=C\C/C=C\CCCCCCCCC(=O)OCC(COC(=O)CCCCC/C=C\C/C=C\C/C=C\C/C=C\CC)OC(=O)CCCCC/C=C\C/C=C\C/C=C\C/C=C\CC. The minimum Gasteiger partial charge on any atom is -0.462 e. The number of esters is 3. The van der Waals surface area contributed by atoms with Gasteiger partial charge in [0.25, 0.3) is 0 Å². The molecule has 0 aliphatic rings. The average molecular weight is 951 g/mol. The number of ether oxygens (including phenoxy) is 3. The molecule has 0 aromatic carbocycles. The molecule has 0 amide bonds. The van der Waals surface area contributed by atoms with Gasteiger partial charge in [0.05, 0.1) is 0 Å². The first-order valence-corrected chi connectivity index (χ1v) is 27.3. The van der Waals surface area contributed by atoms with E-state index in [1.54, 1.807) is 0 Å². The van der Waals surface area contributed by atoms with Crippen molar-refractivity contribution in [3.8, 4) is 0 Å². The molecule has 1 unspecified atom stereocenters. The first-order valence-electron chi connectivity index (χ1n) is 27.3. The highest BCUT2D eigenvalue weighted by Gasteiger charge is 2.19. The molecule has 386 valence electrons. The Morgan fingerprint density at radius 3 is 0.826 bits per heavy atom.